The molecule has 0 bridgehead atoms. The molecular formula is C12H23N3O6S. The number of carbonyl (C=O) groups excluding carboxylic acids is 2. The Balaban J connectivity index is 2.47. The number of hydrogen-bond acceptors (Lipinski definition) is 6. The molecule has 0 unspecified atom stereocenters. The standard InChI is InChI=1S/C12H23N3O6S/c1-12(2,3)21-11(17)14-7-10(8-14)13-22(18,19)15(9-16)5-6-20-4/h9-10,13H,5-8H2,1-4H3. The molecular weight excluding hydrogens is 314 g/mol. The normalized spacial score (nSPS) is 16.1. The molecule has 0 atom stereocenters. The Bertz CT molecular complexity index is 495. The molecule has 0 aliphatic carbocycles. The molecule has 2 amide bonds. The first-order chi connectivity index (χ1) is 10.1. The van der Waals surface area contributed by atoms with Crippen LogP contribution in [0.5, 0.6) is 0 Å². The van der Waals surface area contributed by atoms with Crippen LogP contribution in [0.1, 0.15) is 20.8 Å². The fourth-order valence-electron chi connectivity index (χ4n) is 1.72. The van der Waals surface area contributed by atoms with Gasteiger partial charge in [-0.1, -0.05) is 0 Å². The highest BCUT2D eigenvalue weighted by atomic mass is 32.2. The van der Waals surface area contributed by atoms with Crippen LogP contribution in [0.25, 0.3) is 0 Å². The van der Waals surface area contributed by atoms with E-state index in [1.54, 1.807) is 20.8 Å². The molecule has 1 heterocycles. The average molecular weight is 337 g/mol. The molecule has 1 rings (SSSR count). The molecule has 128 valence electrons. The lowest BCUT2D eigenvalue weighted by Gasteiger charge is -2.40. The average Bonchev–Trinajstić information content (AvgIpc) is 2.31. The summed E-state index contributed by atoms with van der Waals surface area (Å²) in [6, 6.07) is -0.442. The van der Waals surface area contributed by atoms with Crippen molar-refractivity contribution in [1.29, 1.82) is 0 Å². The number of likely N-dealkylation sites (tertiary alicyclic amines) is 1. The molecule has 0 spiro atoms. The van der Waals surface area contributed by atoms with Gasteiger partial charge in [0.15, 0.2) is 0 Å². The lowest BCUT2D eigenvalue weighted by molar-refractivity contribution is -0.114. The van der Waals surface area contributed by atoms with Crippen LogP contribution in [0, 0.1) is 0 Å². The zero-order valence-electron chi connectivity index (χ0n) is 13.2. The van der Waals surface area contributed by atoms with E-state index in [0.717, 1.165) is 0 Å². The van der Waals surface area contributed by atoms with Gasteiger partial charge in [0.1, 0.15) is 5.60 Å². The van der Waals surface area contributed by atoms with Crippen LogP contribution in [0.4, 0.5) is 4.79 Å². The maximum Gasteiger partial charge on any atom is 0.410 e. The van der Waals surface area contributed by atoms with Gasteiger partial charge in [-0.3, -0.25) is 4.79 Å². The Hall–Kier alpha value is -1.39. The van der Waals surface area contributed by atoms with Crippen LogP contribution in [-0.4, -0.2) is 75.1 Å². The predicted molar refractivity (Wildman–Crippen MR) is 78.3 cm³/mol. The van der Waals surface area contributed by atoms with Crippen LogP contribution in [-0.2, 0) is 24.5 Å². The van der Waals surface area contributed by atoms with Crippen LogP contribution in [0.3, 0.4) is 0 Å². The van der Waals surface area contributed by atoms with E-state index in [9.17, 15) is 18.0 Å². The van der Waals surface area contributed by atoms with Gasteiger partial charge in [0.2, 0.25) is 6.41 Å². The molecule has 0 aromatic rings. The Morgan fingerprint density at radius 2 is 2.00 bits per heavy atom. The van der Waals surface area contributed by atoms with Crippen molar-refractivity contribution in [2.24, 2.45) is 0 Å². The first-order valence-electron chi connectivity index (χ1n) is 6.80. The third-order valence-corrected chi connectivity index (χ3v) is 4.31. The van der Waals surface area contributed by atoms with Crippen molar-refractivity contribution in [2.75, 3.05) is 33.4 Å². The molecule has 0 aromatic heterocycles. The van der Waals surface area contributed by atoms with E-state index in [4.69, 9.17) is 9.47 Å². The minimum atomic E-state index is -3.93. The predicted octanol–water partition coefficient (Wildman–Crippen LogP) is -0.455. The highest BCUT2D eigenvalue weighted by molar-refractivity contribution is 7.87. The Morgan fingerprint density at radius 1 is 1.41 bits per heavy atom. The van der Waals surface area contributed by atoms with E-state index in [0.29, 0.717) is 4.31 Å². The molecule has 10 heteroatoms. The SMILES string of the molecule is COCCN(C=O)S(=O)(=O)NC1CN(C(=O)OC(C)(C)C)C1. The van der Waals surface area contributed by atoms with E-state index in [1.807, 2.05) is 0 Å². The summed E-state index contributed by atoms with van der Waals surface area (Å²) in [5, 5.41) is 0. The van der Waals surface area contributed by atoms with Crippen LogP contribution in [0.2, 0.25) is 0 Å². The number of nitrogens with one attached hydrogen (secondary N) is 1. The summed E-state index contributed by atoms with van der Waals surface area (Å²) >= 11 is 0. The van der Waals surface area contributed by atoms with Gasteiger partial charge in [0.05, 0.1) is 19.2 Å². The van der Waals surface area contributed by atoms with Gasteiger partial charge in [0, 0.05) is 20.2 Å². The summed E-state index contributed by atoms with van der Waals surface area (Å²) in [7, 11) is -2.52. The van der Waals surface area contributed by atoms with Gasteiger partial charge in [-0.25, -0.2) is 9.10 Å². The third kappa shape index (κ3) is 5.43. The van der Waals surface area contributed by atoms with E-state index in [1.165, 1.54) is 12.0 Å². The number of methoxy groups -OCH3 is 1. The van der Waals surface area contributed by atoms with Crippen molar-refractivity contribution in [3.63, 3.8) is 0 Å². The molecule has 1 saturated heterocycles. The fraction of sp³-hybridized carbons (Fsp3) is 0.833. The molecule has 1 fully saturated rings. The van der Waals surface area contributed by atoms with Crippen LogP contribution >= 0.6 is 0 Å². The summed E-state index contributed by atoms with van der Waals surface area (Å²) in [6.45, 7) is 5.69. The van der Waals surface area contributed by atoms with Crippen LogP contribution in [0.15, 0.2) is 0 Å². The van der Waals surface area contributed by atoms with Crippen molar-refractivity contribution in [3.05, 3.63) is 0 Å². The zero-order valence-corrected chi connectivity index (χ0v) is 14.1. The lowest BCUT2D eigenvalue weighted by atomic mass is 10.1. The van der Waals surface area contributed by atoms with E-state index in [-0.39, 0.29) is 32.7 Å². The van der Waals surface area contributed by atoms with Gasteiger partial charge in [-0.2, -0.15) is 13.1 Å². The summed E-state index contributed by atoms with van der Waals surface area (Å²) in [5.74, 6) is 0. The summed E-state index contributed by atoms with van der Waals surface area (Å²) in [6.07, 6.45) is -0.263. The number of nitrogens with zero attached hydrogens (tertiary/aromatic N) is 2. The molecule has 9 nitrogen and oxygen atoms in total. The van der Waals surface area contributed by atoms with Gasteiger partial charge in [-0.15, -0.1) is 0 Å². The monoisotopic (exact) mass is 337 g/mol. The fourth-order valence-corrected chi connectivity index (χ4v) is 2.85. The van der Waals surface area contributed by atoms with Crippen molar-refractivity contribution in [2.45, 2.75) is 32.4 Å². The zero-order chi connectivity index (χ0) is 17.0. The van der Waals surface area contributed by atoms with Crippen molar-refractivity contribution in [1.82, 2.24) is 13.9 Å². The lowest BCUT2D eigenvalue weighted by Crippen LogP contribution is -2.63. The number of hydrogen-bond donors (Lipinski definition) is 1. The number of rotatable bonds is 7. The number of ether oxygens (including phenoxy) is 2. The van der Waals surface area contributed by atoms with Gasteiger partial charge in [-0.05, 0) is 20.8 Å². The second-order valence-corrected chi connectivity index (χ2v) is 7.57. The minimum Gasteiger partial charge on any atom is -0.444 e. The summed E-state index contributed by atoms with van der Waals surface area (Å²) < 4.78 is 36.8. The molecule has 0 saturated carbocycles. The van der Waals surface area contributed by atoms with Crippen molar-refractivity contribution < 1.29 is 27.5 Å². The maximum atomic E-state index is 12.0. The van der Waals surface area contributed by atoms with Gasteiger partial charge < -0.3 is 14.4 Å². The highest BCUT2D eigenvalue weighted by Gasteiger charge is 2.37. The molecule has 1 aliphatic heterocycles. The number of carbonyl (C=O) groups is 2. The topological polar surface area (TPSA) is 105 Å². The quantitative estimate of drug-likeness (QED) is 0.631. The van der Waals surface area contributed by atoms with Crippen molar-refractivity contribution >= 4 is 22.7 Å². The Morgan fingerprint density at radius 3 is 2.45 bits per heavy atom. The van der Waals surface area contributed by atoms with Gasteiger partial charge >= 0.3 is 16.3 Å². The second-order valence-electron chi connectivity index (χ2n) is 5.91. The Kier molecular flexibility index (Phi) is 6.15. The van der Waals surface area contributed by atoms with Crippen LogP contribution < -0.4 is 4.72 Å². The molecule has 1 aliphatic rings. The molecule has 1 N–H and O–H groups in total. The largest absolute Gasteiger partial charge is 0.444 e. The smallest absolute Gasteiger partial charge is 0.410 e. The molecule has 0 aromatic carbocycles. The summed E-state index contributed by atoms with van der Waals surface area (Å²) in [4.78, 5) is 24.0. The highest BCUT2D eigenvalue weighted by Crippen LogP contribution is 2.16. The molecule has 0 radical (unpaired) electrons. The van der Waals surface area contributed by atoms with E-state index in [2.05, 4.69) is 4.72 Å². The van der Waals surface area contributed by atoms with E-state index >= 15 is 0 Å². The minimum absolute atomic E-state index is 0.0716. The third-order valence-electron chi connectivity index (χ3n) is 2.79. The Labute approximate surface area is 130 Å². The van der Waals surface area contributed by atoms with E-state index < -0.39 is 27.9 Å². The van der Waals surface area contributed by atoms with Gasteiger partial charge in [0.25, 0.3) is 0 Å². The maximum absolute atomic E-state index is 12.0. The first kappa shape index (κ1) is 18.7. The first-order valence-corrected chi connectivity index (χ1v) is 8.24. The second kappa shape index (κ2) is 7.25. The number of amides is 2. The summed E-state index contributed by atoms with van der Waals surface area (Å²) in [5.41, 5.74) is -0.601. The van der Waals surface area contributed by atoms with Crippen molar-refractivity contribution in [3.8, 4) is 0 Å². The molecule has 22 heavy (non-hydrogen) atoms.